The van der Waals surface area contributed by atoms with Gasteiger partial charge in [0.1, 0.15) is 12.2 Å². The SMILES string of the molecule is COC(Cc1ccccc1C(O)C(=O)c1ccccc1)(NCCOCCNC(Cc1ccccc1C(O)C(=O)c1ccccc1)(OC)OC)OC. The van der Waals surface area contributed by atoms with Crippen molar-refractivity contribution in [2.45, 2.75) is 36.9 Å². The number of aliphatic hydroxyl groups excluding tert-OH is 2. The Balaban J connectivity index is 1.30. The van der Waals surface area contributed by atoms with Crippen LogP contribution in [0.2, 0.25) is 0 Å². The number of methoxy groups -OCH3 is 4. The summed E-state index contributed by atoms with van der Waals surface area (Å²) < 4.78 is 28.9. The molecule has 51 heavy (non-hydrogen) atoms. The molecular formula is C40H48N2O9. The third-order valence-electron chi connectivity index (χ3n) is 8.76. The van der Waals surface area contributed by atoms with Crippen LogP contribution in [0.1, 0.15) is 55.2 Å². The zero-order valence-corrected chi connectivity index (χ0v) is 29.5. The Bertz CT molecular complexity index is 1540. The van der Waals surface area contributed by atoms with Gasteiger partial charge in [-0.2, -0.15) is 0 Å². The van der Waals surface area contributed by atoms with Gasteiger partial charge in [-0.3, -0.25) is 20.2 Å². The molecule has 11 heteroatoms. The average molecular weight is 701 g/mol. The fraction of sp³-hybridized carbons (Fsp3) is 0.350. The lowest BCUT2D eigenvalue weighted by Gasteiger charge is -2.33. The molecule has 0 aromatic heterocycles. The van der Waals surface area contributed by atoms with Gasteiger partial charge < -0.3 is 33.9 Å². The zero-order chi connectivity index (χ0) is 36.7. The number of benzene rings is 4. The van der Waals surface area contributed by atoms with Crippen LogP contribution in [0, 0.1) is 0 Å². The van der Waals surface area contributed by atoms with Crippen LogP contribution in [0.3, 0.4) is 0 Å². The van der Waals surface area contributed by atoms with Gasteiger partial charge in [0.25, 0.3) is 0 Å². The Morgan fingerprint density at radius 2 is 0.882 bits per heavy atom. The van der Waals surface area contributed by atoms with Crippen LogP contribution in [-0.2, 0) is 36.5 Å². The second-order valence-corrected chi connectivity index (χ2v) is 11.8. The van der Waals surface area contributed by atoms with E-state index in [0.717, 1.165) is 0 Å². The van der Waals surface area contributed by atoms with E-state index in [2.05, 4.69) is 10.6 Å². The van der Waals surface area contributed by atoms with Crippen molar-refractivity contribution in [3.05, 3.63) is 143 Å². The summed E-state index contributed by atoms with van der Waals surface area (Å²) in [7, 11) is 6.05. The van der Waals surface area contributed by atoms with Gasteiger partial charge in [-0.1, -0.05) is 109 Å². The summed E-state index contributed by atoms with van der Waals surface area (Å²) in [5, 5.41) is 28.5. The first-order chi connectivity index (χ1) is 24.7. The van der Waals surface area contributed by atoms with E-state index in [4.69, 9.17) is 23.7 Å². The summed E-state index contributed by atoms with van der Waals surface area (Å²) >= 11 is 0. The number of aliphatic hydroxyl groups is 2. The molecule has 0 aliphatic carbocycles. The van der Waals surface area contributed by atoms with E-state index in [-0.39, 0.29) is 12.8 Å². The van der Waals surface area contributed by atoms with Gasteiger partial charge in [-0.25, -0.2) is 0 Å². The number of hydrogen-bond acceptors (Lipinski definition) is 11. The molecule has 0 aliphatic rings. The first-order valence-electron chi connectivity index (χ1n) is 16.7. The van der Waals surface area contributed by atoms with Crippen LogP contribution in [0.15, 0.2) is 109 Å². The lowest BCUT2D eigenvalue weighted by atomic mass is 9.93. The van der Waals surface area contributed by atoms with E-state index in [9.17, 15) is 19.8 Å². The highest BCUT2D eigenvalue weighted by Crippen LogP contribution is 2.28. The van der Waals surface area contributed by atoms with Crippen LogP contribution < -0.4 is 10.6 Å². The van der Waals surface area contributed by atoms with Crippen molar-refractivity contribution in [2.24, 2.45) is 0 Å². The highest BCUT2D eigenvalue weighted by atomic mass is 16.7. The number of rotatable bonds is 22. The largest absolute Gasteiger partial charge is 0.380 e. The summed E-state index contributed by atoms with van der Waals surface area (Å²) in [5.41, 5.74) is 3.14. The van der Waals surface area contributed by atoms with Gasteiger partial charge in [-0.05, 0) is 22.3 Å². The topological polar surface area (TPSA) is 145 Å². The third kappa shape index (κ3) is 10.5. The molecule has 0 radical (unpaired) electrons. The zero-order valence-electron chi connectivity index (χ0n) is 29.5. The molecule has 2 unspecified atom stereocenters. The molecule has 4 rings (SSSR count). The van der Waals surface area contributed by atoms with Gasteiger partial charge >= 0.3 is 0 Å². The van der Waals surface area contributed by atoms with Crippen molar-refractivity contribution in [3.63, 3.8) is 0 Å². The van der Waals surface area contributed by atoms with Crippen LogP contribution in [-0.4, -0.2) is 88.3 Å². The van der Waals surface area contributed by atoms with E-state index in [1.54, 1.807) is 72.8 Å². The van der Waals surface area contributed by atoms with Crippen molar-refractivity contribution in [2.75, 3.05) is 54.7 Å². The van der Waals surface area contributed by atoms with Crippen molar-refractivity contribution in [1.29, 1.82) is 0 Å². The number of ketones is 2. The lowest BCUT2D eigenvalue weighted by Crippen LogP contribution is -2.52. The first kappa shape index (κ1) is 39.6. The van der Waals surface area contributed by atoms with Gasteiger partial charge in [0, 0.05) is 65.5 Å². The summed E-state index contributed by atoms with van der Waals surface area (Å²) in [6.07, 6.45) is -2.30. The predicted octanol–water partition coefficient (Wildman–Crippen LogP) is 4.39. The molecule has 0 saturated heterocycles. The van der Waals surface area contributed by atoms with Crippen LogP contribution in [0.25, 0.3) is 0 Å². The highest BCUT2D eigenvalue weighted by molar-refractivity contribution is 6.00. The molecule has 11 nitrogen and oxygen atoms in total. The van der Waals surface area contributed by atoms with E-state index in [0.29, 0.717) is 59.7 Å². The van der Waals surface area contributed by atoms with Gasteiger partial charge in [-0.15, -0.1) is 0 Å². The molecule has 0 fully saturated rings. The smallest absolute Gasteiger partial charge is 0.231 e. The quantitative estimate of drug-likeness (QED) is 0.0527. The minimum Gasteiger partial charge on any atom is -0.380 e. The number of hydrogen-bond donors (Lipinski definition) is 4. The minimum atomic E-state index is -1.35. The fourth-order valence-corrected chi connectivity index (χ4v) is 5.83. The number of Topliss-reactive ketones (excluding diaryl/α,β-unsaturated/α-hetero) is 2. The van der Waals surface area contributed by atoms with E-state index in [1.165, 1.54) is 28.4 Å². The lowest BCUT2D eigenvalue weighted by molar-refractivity contribution is -0.229. The maximum absolute atomic E-state index is 13.0. The maximum atomic E-state index is 13.0. The number of carbonyl (C=O) groups is 2. The van der Waals surface area contributed by atoms with E-state index in [1.807, 2.05) is 36.4 Å². The van der Waals surface area contributed by atoms with Crippen molar-refractivity contribution in [1.82, 2.24) is 10.6 Å². The Hall–Kier alpha value is -4.14. The standard InChI is InChI=1S/C40H48N2O9/c1-47-39(48-2,27-31-19-11-13-21-33(31)37(45)35(43)29-15-7-5-8-16-29)41-23-25-51-26-24-42-40(49-3,50-4)28-32-20-12-14-22-34(32)38(46)36(44)30-17-9-6-10-18-30/h5-22,37-38,41-42,45-46H,23-28H2,1-4H3. The molecule has 4 aromatic rings. The highest BCUT2D eigenvalue weighted by Gasteiger charge is 2.34. The molecule has 0 spiro atoms. The van der Waals surface area contributed by atoms with Crippen LogP contribution in [0.5, 0.6) is 0 Å². The Labute approximate surface area is 299 Å². The monoisotopic (exact) mass is 700 g/mol. The van der Waals surface area contributed by atoms with Crippen molar-refractivity contribution < 1.29 is 43.5 Å². The number of ether oxygens (including phenoxy) is 5. The average Bonchev–Trinajstić information content (AvgIpc) is 3.19. The Kier molecular flexibility index (Phi) is 15.1. The van der Waals surface area contributed by atoms with Gasteiger partial charge in [0.05, 0.1) is 13.2 Å². The summed E-state index contributed by atoms with van der Waals surface area (Å²) in [6.45, 7) is 1.32. The Morgan fingerprint density at radius 3 is 1.24 bits per heavy atom. The molecule has 4 aromatic carbocycles. The molecule has 272 valence electrons. The van der Waals surface area contributed by atoms with Gasteiger partial charge in [0.15, 0.2) is 11.6 Å². The van der Waals surface area contributed by atoms with Crippen LogP contribution in [0.4, 0.5) is 0 Å². The molecule has 0 saturated carbocycles. The van der Waals surface area contributed by atoms with Crippen molar-refractivity contribution in [3.8, 4) is 0 Å². The molecule has 2 atom stereocenters. The molecule has 0 heterocycles. The van der Waals surface area contributed by atoms with Crippen LogP contribution >= 0.6 is 0 Å². The number of nitrogens with one attached hydrogen (secondary N) is 2. The second-order valence-electron chi connectivity index (χ2n) is 11.8. The number of carbonyl (C=O) groups excluding carboxylic acids is 2. The fourth-order valence-electron chi connectivity index (χ4n) is 5.83. The second kappa shape index (κ2) is 19.5. The molecule has 0 bridgehead atoms. The predicted molar refractivity (Wildman–Crippen MR) is 192 cm³/mol. The Morgan fingerprint density at radius 1 is 0.549 bits per heavy atom. The van der Waals surface area contributed by atoms with E-state index >= 15 is 0 Å². The van der Waals surface area contributed by atoms with E-state index < -0.39 is 35.6 Å². The molecule has 0 aliphatic heterocycles. The molecular weight excluding hydrogens is 652 g/mol. The summed E-state index contributed by atoms with van der Waals surface area (Å²) in [6, 6.07) is 31.6. The third-order valence-corrected chi connectivity index (χ3v) is 8.76. The molecule has 0 amide bonds. The minimum absolute atomic E-state index is 0.203. The van der Waals surface area contributed by atoms with Crippen molar-refractivity contribution >= 4 is 11.6 Å². The first-order valence-corrected chi connectivity index (χ1v) is 16.7. The summed E-state index contributed by atoms with van der Waals surface area (Å²) in [5.74, 6) is -3.31. The molecule has 4 N–H and O–H groups in total. The van der Waals surface area contributed by atoms with Gasteiger partial charge in [0.2, 0.25) is 11.8 Å². The maximum Gasteiger partial charge on any atom is 0.231 e. The summed E-state index contributed by atoms with van der Waals surface area (Å²) in [4.78, 5) is 26.0. The normalized spacial score (nSPS) is 13.1.